The Hall–Kier alpha value is -3.21. The van der Waals surface area contributed by atoms with Crippen LogP contribution in [0.15, 0.2) is 36.5 Å². The highest BCUT2D eigenvalue weighted by Gasteiger charge is 2.44. The number of halogens is 5. The van der Waals surface area contributed by atoms with Crippen molar-refractivity contribution in [3.05, 3.63) is 65.1 Å². The van der Waals surface area contributed by atoms with E-state index in [0.29, 0.717) is 12.8 Å². The number of pyridine rings is 1. The molecule has 2 unspecified atom stereocenters. The molecule has 0 aliphatic heterocycles. The van der Waals surface area contributed by atoms with Crippen LogP contribution >= 0.6 is 0 Å². The molecule has 2 N–H and O–H groups in total. The smallest absolute Gasteiger partial charge is 0.416 e. The summed E-state index contributed by atoms with van der Waals surface area (Å²) in [5, 5.41) is 12.0. The topological polar surface area (TPSA) is 75.9 Å². The largest absolute Gasteiger partial charge is 0.485 e. The highest BCUT2D eigenvalue weighted by atomic mass is 19.4. The Morgan fingerprint density at radius 1 is 1.21 bits per heavy atom. The lowest BCUT2D eigenvalue weighted by atomic mass is 10.0. The Morgan fingerprint density at radius 2 is 1.88 bits per heavy atom. The minimum absolute atomic E-state index is 0.0478. The van der Waals surface area contributed by atoms with Gasteiger partial charge >= 0.3 is 6.18 Å². The van der Waals surface area contributed by atoms with Gasteiger partial charge in [0.15, 0.2) is 17.5 Å². The molecule has 1 amide bonds. The number of aliphatic hydroxyl groups excluding tert-OH is 1. The summed E-state index contributed by atoms with van der Waals surface area (Å²) in [4.78, 5) is 17.2. The lowest BCUT2D eigenvalue weighted by Gasteiger charge is -2.25. The summed E-state index contributed by atoms with van der Waals surface area (Å²) >= 11 is 0. The Balaban J connectivity index is 1.88. The number of unbranched alkanes of at least 4 members (excludes halogenated alkanes) is 1. The number of benzene rings is 1. The number of aromatic nitrogens is 2. The van der Waals surface area contributed by atoms with E-state index in [2.05, 4.69) is 10.3 Å². The monoisotopic (exact) mass is 485 g/mol. The summed E-state index contributed by atoms with van der Waals surface area (Å²) in [5.41, 5.74) is 0.00350. The third-order valence-electron chi connectivity index (χ3n) is 5.34. The molecule has 0 radical (unpaired) electrons. The van der Waals surface area contributed by atoms with E-state index in [1.807, 2.05) is 0 Å². The first-order valence-corrected chi connectivity index (χ1v) is 10.6. The maximum absolute atomic E-state index is 13.9. The van der Waals surface area contributed by atoms with E-state index in [1.54, 1.807) is 6.92 Å². The van der Waals surface area contributed by atoms with E-state index in [9.17, 15) is 31.9 Å². The number of carbonyl (C=O) groups is 1. The van der Waals surface area contributed by atoms with Crippen molar-refractivity contribution in [1.29, 1.82) is 0 Å². The minimum atomic E-state index is -4.90. The number of nitrogens with zero attached hydrogens (tertiary/aromatic N) is 2. The van der Waals surface area contributed by atoms with Gasteiger partial charge in [-0.1, -0.05) is 25.8 Å². The van der Waals surface area contributed by atoms with Gasteiger partial charge in [-0.05, 0) is 37.6 Å². The molecule has 0 spiro atoms. The molecule has 0 aliphatic carbocycles. The van der Waals surface area contributed by atoms with Gasteiger partial charge in [0.1, 0.15) is 23.9 Å². The lowest BCUT2D eigenvalue weighted by Crippen LogP contribution is -2.50. The number of carbonyl (C=O) groups excluding carboxylic acids is 1. The molecule has 2 aromatic heterocycles. The average molecular weight is 485 g/mol. The van der Waals surface area contributed by atoms with Gasteiger partial charge in [-0.3, -0.25) is 9.20 Å². The molecule has 34 heavy (non-hydrogen) atoms. The van der Waals surface area contributed by atoms with Crippen LogP contribution in [0.5, 0.6) is 5.75 Å². The average Bonchev–Trinajstić information content (AvgIpc) is 3.11. The Morgan fingerprint density at radius 3 is 2.50 bits per heavy atom. The van der Waals surface area contributed by atoms with E-state index < -0.39 is 42.5 Å². The molecule has 0 aliphatic rings. The van der Waals surface area contributed by atoms with E-state index in [0.717, 1.165) is 12.1 Å². The number of nitrogens with one attached hydrogen (secondary N) is 1. The summed E-state index contributed by atoms with van der Waals surface area (Å²) in [6, 6.07) is 4.85. The SMILES string of the molecule is CCCCC(NC(=O)c1c(C)nc2c(OCc3c(F)cccc3F)cccn12)C(O)C(F)(F)F. The first kappa shape index (κ1) is 25.4. The number of fused-ring (bicyclic) bond motifs is 1. The first-order chi connectivity index (χ1) is 16.0. The molecule has 11 heteroatoms. The van der Waals surface area contributed by atoms with Crippen molar-refractivity contribution >= 4 is 11.6 Å². The van der Waals surface area contributed by atoms with Crippen molar-refractivity contribution in [3.63, 3.8) is 0 Å². The van der Waals surface area contributed by atoms with Crippen molar-refractivity contribution < 1.29 is 36.6 Å². The Labute approximate surface area is 192 Å². The maximum Gasteiger partial charge on any atom is 0.416 e. The second kappa shape index (κ2) is 10.4. The van der Waals surface area contributed by atoms with Crippen LogP contribution in [-0.2, 0) is 6.61 Å². The second-order valence-corrected chi connectivity index (χ2v) is 7.81. The number of hydrogen-bond acceptors (Lipinski definition) is 4. The molecule has 0 saturated carbocycles. The van der Waals surface area contributed by atoms with Gasteiger partial charge in [0.2, 0.25) is 0 Å². The summed E-state index contributed by atoms with van der Waals surface area (Å²) in [6.07, 6.45) is -5.28. The van der Waals surface area contributed by atoms with Crippen molar-refractivity contribution in [3.8, 4) is 5.75 Å². The van der Waals surface area contributed by atoms with E-state index in [1.165, 1.54) is 35.7 Å². The van der Waals surface area contributed by atoms with Crippen LogP contribution in [0.4, 0.5) is 22.0 Å². The number of ether oxygens (including phenoxy) is 1. The van der Waals surface area contributed by atoms with E-state index in [4.69, 9.17) is 4.74 Å². The molecule has 2 atom stereocenters. The quantitative estimate of drug-likeness (QED) is 0.431. The number of rotatable bonds is 9. The molecule has 0 saturated heterocycles. The molecule has 2 heterocycles. The third-order valence-corrected chi connectivity index (χ3v) is 5.34. The molecule has 1 aromatic carbocycles. The number of imidazole rings is 1. The number of alkyl halides is 3. The molecular weight excluding hydrogens is 461 g/mol. The summed E-state index contributed by atoms with van der Waals surface area (Å²) in [5.74, 6) is -2.31. The van der Waals surface area contributed by atoms with Gasteiger partial charge in [-0.15, -0.1) is 0 Å². The van der Waals surface area contributed by atoms with Crippen molar-refractivity contribution in [2.45, 2.75) is 58.0 Å². The molecule has 0 fully saturated rings. The van der Waals surface area contributed by atoms with Gasteiger partial charge in [-0.25, -0.2) is 13.8 Å². The molecule has 0 bridgehead atoms. The standard InChI is InChI=1S/C23H24F5N3O3/c1-3-4-9-17(20(32)23(26,27)28)30-22(33)19-13(2)29-21-18(10-6-11-31(19)21)34-12-14-15(24)7-5-8-16(14)25/h5-8,10-11,17,20,32H,3-4,9,12H2,1-2H3,(H,30,33). The predicted octanol–water partition coefficient (Wildman–Crippen LogP) is 4.71. The second-order valence-electron chi connectivity index (χ2n) is 7.81. The number of amides is 1. The van der Waals surface area contributed by atoms with E-state index >= 15 is 0 Å². The number of aliphatic hydroxyl groups is 1. The van der Waals surface area contributed by atoms with E-state index in [-0.39, 0.29) is 34.8 Å². The van der Waals surface area contributed by atoms with Gasteiger partial charge in [0.25, 0.3) is 5.91 Å². The third kappa shape index (κ3) is 5.46. The highest BCUT2D eigenvalue weighted by molar-refractivity contribution is 5.95. The van der Waals surface area contributed by atoms with Gasteiger partial charge < -0.3 is 15.2 Å². The van der Waals surface area contributed by atoms with Crippen LogP contribution in [0.3, 0.4) is 0 Å². The minimum Gasteiger partial charge on any atom is -0.485 e. The zero-order chi connectivity index (χ0) is 25.0. The van der Waals surface area contributed by atoms with Gasteiger partial charge in [0.05, 0.1) is 17.3 Å². The molecule has 184 valence electrons. The van der Waals surface area contributed by atoms with Crippen LogP contribution in [-0.4, -0.2) is 38.7 Å². The lowest BCUT2D eigenvalue weighted by molar-refractivity contribution is -0.211. The fraction of sp³-hybridized carbons (Fsp3) is 0.391. The zero-order valence-corrected chi connectivity index (χ0v) is 18.5. The van der Waals surface area contributed by atoms with Crippen molar-refractivity contribution in [2.75, 3.05) is 0 Å². The Bertz CT molecular complexity index is 1140. The fourth-order valence-electron chi connectivity index (χ4n) is 3.56. The predicted molar refractivity (Wildman–Crippen MR) is 113 cm³/mol. The highest BCUT2D eigenvalue weighted by Crippen LogP contribution is 2.27. The molecule has 3 aromatic rings. The van der Waals surface area contributed by atoms with Crippen LogP contribution in [0.2, 0.25) is 0 Å². The molecule has 3 rings (SSSR count). The van der Waals surface area contributed by atoms with Crippen molar-refractivity contribution in [2.24, 2.45) is 0 Å². The zero-order valence-electron chi connectivity index (χ0n) is 18.5. The summed E-state index contributed by atoms with van der Waals surface area (Å²) in [7, 11) is 0. The molecule has 6 nitrogen and oxygen atoms in total. The summed E-state index contributed by atoms with van der Waals surface area (Å²) in [6.45, 7) is 2.83. The van der Waals surface area contributed by atoms with Crippen LogP contribution in [0, 0.1) is 18.6 Å². The van der Waals surface area contributed by atoms with Gasteiger partial charge in [-0.2, -0.15) is 13.2 Å². The molecular formula is C23H24F5N3O3. The fourth-order valence-corrected chi connectivity index (χ4v) is 3.56. The normalized spacial score (nSPS) is 13.6. The number of aryl methyl sites for hydroxylation is 1. The van der Waals surface area contributed by atoms with Gasteiger partial charge in [0, 0.05) is 6.20 Å². The van der Waals surface area contributed by atoms with Crippen LogP contribution < -0.4 is 10.1 Å². The van der Waals surface area contributed by atoms with Crippen LogP contribution in [0.1, 0.15) is 47.9 Å². The Kier molecular flexibility index (Phi) is 7.75. The maximum atomic E-state index is 13.9. The van der Waals surface area contributed by atoms with Crippen LogP contribution in [0.25, 0.3) is 5.65 Å². The summed E-state index contributed by atoms with van der Waals surface area (Å²) < 4.78 is 74.0. The number of hydrogen-bond donors (Lipinski definition) is 2. The van der Waals surface area contributed by atoms with Crippen molar-refractivity contribution in [1.82, 2.24) is 14.7 Å². The first-order valence-electron chi connectivity index (χ1n) is 10.6.